The lowest BCUT2D eigenvalue weighted by Crippen LogP contribution is -2.45. The number of carbonyl (C=O) groups is 1. The number of carbonyl (C=O) groups excluding carboxylic acids is 1. The SMILES string of the molecule is CC(C)(C)OC(=O)N1CCC(OC2CCN(c3ccc(C#N)cc3)CC2)CC1. The summed E-state index contributed by atoms with van der Waals surface area (Å²) >= 11 is 0. The highest BCUT2D eigenvalue weighted by molar-refractivity contribution is 5.68. The Labute approximate surface area is 168 Å². The first-order chi connectivity index (χ1) is 13.3. The molecule has 1 aromatic rings. The van der Waals surface area contributed by atoms with Gasteiger partial charge in [0.15, 0.2) is 0 Å². The van der Waals surface area contributed by atoms with Crippen molar-refractivity contribution in [2.24, 2.45) is 0 Å². The van der Waals surface area contributed by atoms with E-state index >= 15 is 0 Å². The summed E-state index contributed by atoms with van der Waals surface area (Å²) in [5.41, 5.74) is 1.41. The zero-order valence-corrected chi connectivity index (χ0v) is 17.2. The van der Waals surface area contributed by atoms with Crippen molar-refractivity contribution in [2.75, 3.05) is 31.1 Å². The van der Waals surface area contributed by atoms with Crippen LogP contribution < -0.4 is 4.90 Å². The van der Waals surface area contributed by atoms with E-state index in [1.54, 1.807) is 4.90 Å². The fourth-order valence-corrected chi connectivity index (χ4v) is 3.77. The lowest BCUT2D eigenvalue weighted by atomic mass is 10.0. The van der Waals surface area contributed by atoms with Gasteiger partial charge in [-0.3, -0.25) is 0 Å². The van der Waals surface area contributed by atoms with Gasteiger partial charge in [-0.2, -0.15) is 5.26 Å². The minimum Gasteiger partial charge on any atom is -0.444 e. The molecule has 0 aromatic heterocycles. The van der Waals surface area contributed by atoms with Crippen molar-refractivity contribution in [3.05, 3.63) is 29.8 Å². The lowest BCUT2D eigenvalue weighted by Gasteiger charge is -2.38. The lowest BCUT2D eigenvalue weighted by molar-refractivity contribution is -0.0535. The largest absolute Gasteiger partial charge is 0.444 e. The Morgan fingerprint density at radius 1 is 1.00 bits per heavy atom. The van der Waals surface area contributed by atoms with Crippen molar-refractivity contribution in [3.63, 3.8) is 0 Å². The van der Waals surface area contributed by atoms with Crippen LogP contribution in [0.1, 0.15) is 52.0 Å². The number of hydrogen-bond acceptors (Lipinski definition) is 5. The van der Waals surface area contributed by atoms with Crippen LogP contribution in [0.2, 0.25) is 0 Å². The Bertz CT molecular complexity index is 689. The zero-order valence-electron chi connectivity index (χ0n) is 17.2. The van der Waals surface area contributed by atoms with Gasteiger partial charge in [0.1, 0.15) is 5.60 Å². The van der Waals surface area contributed by atoms with Crippen LogP contribution in [0.25, 0.3) is 0 Å². The van der Waals surface area contributed by atoms with Gasteiger partial charge in [-0.05, 0) is 70.7 Å². The highest BCUT2D eigenvalue weighted by Gasteiger charge is 2.29. The first kappa shape index (κ1) is 20.5. The minimum absolute atomic E-state index is 0.221. The van der Waals surface area contributed by atoms with Crippen LogP contribution in [0.5, 0.6) is 0 Å². The van der Waals surface area contributed by atoms with E-state index in [1.807, 2.05) is 45.0 Å². The third-order valence-electron chi connectivity index (χ3n) is 5.28. The number of anilines is 1. The van der Waals surface area contributed by atoms with E-state index in [1.165, 1.54) is 5.69 Å². The molecule has 0 atom stereocenters. The molecule has 2 saturated heterocycles. The molecule has 3 rings (SSSR count). The molecular formula is C22H31N3O3. The normalized spacial score (nSPS) is 19.4. The maximum atomic E-state index is 12.2. The summed E-state index contributed by atoms with van der Waals surface area (Å²) < 4.78 is 11.8. The average Bonchev–Trinajstić information content (AvgIpc) is 2.68. The van der Waals surface area contributed by atoms with Crippen molar-refractivity contribution >= 4 is 11.8 Å². The van der Waals surface area contributed by atoms with Crippen molar-refractivity contribution in [1.29, 1.82) is 5.26 Å². The van der Waals surface area contributed by atoms with Gasteiger partial charge in [0.05, 0.1) is 23.8 Å². The van der Waals surface area contributed by atoms with E-state index in [0.717, 1.165) is 38.8 Å². The molecule has 2 fully saturated rings. The number of piperidine rings is 2. The van der Waals surface area contributed by atoms with Crippen LogP contribution >= 0.6 is 0 Å². The Morgan fingerprint density at radius 3 is 2.04 bits per heavy atom. The van der Waals surface area contributed by atoms with Crippen molar-refractivity contribution in [3.8, 4) is 6.07 Å². The van der Waals surface area contributed by atoms with Gasteiger partial charge in [0, 0.05) is 31.9 Å². The molecule has 1 aromatic carbocycles. The first-order valence-corrected chi connectivity index (χ1v) is 10.2. The highest BCUT2D eigenvalue weighted by Crippen LogP contribution is 2.25. The van der Waals surface area contributed by atoms with E-state index in [2.05, 4.69) is 11.0 Å². The van der Waals surface area contributed by atoms with Crippen LogP contribution in [0.4, 0.5) is 10.5 Å². The second kappa shape index (κ2) is 8.83. The van der Waals surface area contributed by atoms with Gasteiger partial charge in [-0.25, -0.2) is 4.79 Å². The van der Waals surface area contributed by atoms with E-state index in [4.69, 9.17) is 14.7 Å². The maximum Gasteiger partial charge on any atom is 0.410 e. The number of hydrogen-bond donors (Lipinski definition) is 0. The van der Waals surface area contributed by atoms with E-state index < -0.39 is 5.60 Å². The van der Waals surface area contributed by atoms with Crippen molar-refractivity contribution < 1.29 is 14.3 Å². The zero-order chi connectivity index (χ0) is 20.1. The van der Waals surface area contributed by atoms with Crippen molar-refractivity contribution in [2.45, 2.75) is 64.3 Å². The topological polar surface area (TPSA) is 65.8 Å². The summed E-state index contributed by atoms with van der Waals surface area (Å²) in [6.45, 7) is 9.01. The molecule has 0 aliphatic carbocycles. The summed E-state index contributed by atoms with van der Waals surface area (Å²) in [5.74, 6) is 0. The predicted molar refractivity (Wildman–Crippen MR) is 108 cm³/mol. The Morgan fingerprint density at radius 2 is 1.54 bits per heavy atom. The molecular weight excluding hydrogens is 354 g/mol. The van der Waals surface area contributed by atoms with Crippen LogP contribution in [0.15, 0.2) is 24.3 Å². The molecule has 0 unspecified atom stereocenters. The number of ether oxygens (including phenoxy) is 2. The molecule has 1 amide bonds. The Balaban J connectivity index is 1.40. The molecule has 2 aliphatic heterocycles. The van der Waals surface area contributed by atoms with E-state index in [0.29, 0.717) is 18.7 Å². The Kier molecular flexibility index (Phi) is 6.46. The van der Waals surface area contributed by atoms with Crippen molar-refractivity contribution in [1.82, 2.24) is 4.90 Å². The number of benzene rings is 1. The molecule has 0 radical (unpaired) electrons. The monoisotopic (exact) mass is 385 g/mol. The quantitative estimate of drug-likeness (QED) is 0.788. The highest BCUT2D eigenvalue weighted by atomic mass is 16.6. The summed E-state index contributed by atoms with van der Waals surface area (Å²) in [4.78, 5) is 16.3. The third kappa shape index (κ3) is 5.62. The van der Waals surface area contributed by atoms with Gasteiger partial charge in [0.25, 0.3) is 0 Å². The number of amides is 1. The van der Waals surface area contributed by atoms with Gasteiger partial charge in [0.2, 0.25) is 0 Å². The molecule has 152 valence electrons. The molecule has 2 heterocycles. The van der Waals surface area contributed by atoms with Gasteiger partial charge in [-0.15, -0.1) is 0 Å². The maximum absolute atomic E-state index is 12.2. The fraction of sp³-hybridized carbons (Fsp3) is 0.636. The molecule has 0 N–H and O–H groups in total. The average molecular weight is 386 g/mol. The van der Waals surface area contributed by atoms with Crippen LogP contribution in [0.3, 0.4) is 0 Å². The molecule has 0 bridgehead atoms. The third-order valence-corrected chi connectivity index (χ3v) is 5.28. The minimum atomic E-state index is -0.451. The summed E-state index contributed by atoms with van der Waals surface area (Å²) in [6.07, 6.45) is 4.04. The van der Waals surface area contributed by atoms with E-state index in [9.17, 15) is 4.79 Å². The van der Waals surface area contributed by atoms with Crippen LogP contribution in [-0.4, -0.2) is 55.0 Å². The molecule has 6 nitrogen and oxygen atoms in total. The molecule has 6 heteroatoms. The molecule has 0 saturated carbocycles. The number of rotatable bonds is 3. The summed E-state index contributed by atoms with van der Waals surface area (Å²) in [7, 11) is 0. The fourth-order valence-electron chi connectivity index (χ4n) is 3.77. The van der Waals surface area contributed by atoms with E-state index in [-0.39, 0.29) is 18.3 Å². The summed E-state index contributed by atoms with van der Waals surface area (Å²) in [6, 6.07) is 9.94. The second-order valence-corrected chi connectivity index (χ2v) is 8.65. The number of likely N-dealkylation sites (tertiary alicyclic amines) is 1. The molecule has 28 heavy (non-hydrogen) atoms. The number of nitrogens with zero attached hydrogens (tertiary/aromatic N) is 3. The molecule has 0 spiro atoms. The first-order valence-electron chi connectivity index (χ1n) is 10.2. The second-order valence-electron chi connectivity index (χ2n) is 8.65. The summed E-state index contributed by atoms with van der Waals surface area (Å²) in [5, 5.41) is 8.92. The smallest absolute Gasteiger partial charge is 0.410 e. The van der Waals surface area contributed by atoms with Crippen LogP contribution in [-0.2, 0) is 9.47 Å². The van der Waals surface area contributed by atoms with Crippen LogP contribution in [0, 0.1) is 11.3 Å². The Hall–Kier alpha value is -2.26. The van der Waals surface area contributed by atoms with Gasteiger partial charge in [-0.1, -0.05) is 0 Å². The van der Waals surface area contributed by atoms with Gasteiger partial charge < -0.3 is 19.3 Å². The van der Waals surface area contributed by atoms with Gasteiger partial charge >= 0.3 is 6.09 Å². The standard InChI is InChI=1S/C22H31N3O3/c1-22(2,3)28-21(26)25-14-10-20(11-15-25)27-19-8-12-24(13-9-19)18-6-4-17(16-23)5-7-18/h4-7,19-20H,8-15H2,1-3H3. The number of nitriles is 1. The molecule has 2 aliphatic rings. The predicted octanol–water partition coefficient (Wildman–Crippen LogP) is 3.94.